The Morgan fingerprint density at radius 1 is 0.933 bits per heavy atom. The molecule has 0 heterocycles. The van der Waals surface area contributed by atoms with E-state index in [1.54, 1.807) is 6.07 Å². The van der Waals surface area contributed by atoms with Crippen LogP contribution in [0.1, 0.15) is 12.5 Å². The van der Waals surface area contributed by atoms with Gasteiger partial charge >= 0.3 is 12.0 Å². The molecular weight excluding hydrogens is 382 g/mol. The van der Waals surface area contributed by atoms with Crippen molar-refractivity contribution in [1.82, 2.24) is 5.32 Å². The van der Waals surface area contributed by atoms with Gasteiger partial charge in [0, 0.05) is 12.1 Å². The van der Waals surface area contributed by atoms with E-state index in [1.807, 2.05) is 66.7 Å². The molecule has 7 heteroatoms. The summed E-state index contributed by atoms with van der Waals surface area (Å²) in [5.41, 5.74) is 6.60. The first-order valence-corrected chi connectivity index (χ1v) is 9.52. The zero-order chi connectivity index (χ0) is 21.5. The van der Waals surface area contributed by atoms with E-state index < -0.39 is 30.1 Å². The molecule has 0 saturated heterocycles. The highest BCUT2D eigenvalue weighted by Gasteiger charge is 2.26. The molecule has 0 radical (unpaired) electrons. The molecule has 0 aliphatic heterocycles. The molecular formula is C23H23N3O4. The van der Waals surface area contributed by atoms with E-state index in [0.717, 1.165) is 16.3 Å². The van der Waals surface area contributed by atoms with E-state index in [-0.39, 0.29) is 6.42 Å². The molecule has 0 spiro atoms. The van der Waals surface area contributed by atoms with Crippen LogP contribution in [-0.2, 0) is 20.7 Å². The smallest absolute Gasteiger partial charge is 0.329 e. The fourth-order valence-corrected chi connectivity index (χ4v) is 3.04. The number of anilines is 1. The first-order valence-electron chi connectivity index (χ1n) is 9.52. The van der Waals surface area contributed by atoms with Gasteiger partial charge in [0.1, 0.15) is 6.04 Å². The van der Waals surface area contributed by atoms with E-state index in [2.05, 4.69) is 10.6 Å². The van der Waals surface area contributed by atoms with Crippen molar-refractivity contribution in [3.05, 3.63) is 78.4 Å². The highest BCUT2D eigenvalue weighted by Crippen LogP contribution is 2.19. The minimum Gasteiger partial charge on any atom is -0.451 e. The summed E-state index contributed by atoms with van der Waals surface area (Å²) < 4.78 is 5.29. The van der Waals surface area contributed by atoms with Crippen LogP contribution in [0.3, 0.4) is 0 Å². The summed E-state index contributed by atoms with van der Waals surface area (Å²) in [7, 11) is 0. The third kappa shape index (κ3) is 5.57. The van der Waals surface area contributed by atoms with Gasteiger partial charge < -0.3 is 21.1 Å². The number of ether oxygens (including phenoxy) is 1. The van der Waals surface area contributed by atoms with Crippen LogP contribution in [0.2, 0.25) is 0 Å². The number of nitrogens with one attached hydrogen (secondary N) is 2. The van der Waals surface area contributed by atoms with Crippen LogP contribution in [0.25, 0.3) is 10.8 Å². The summed E-state index contributed by atoms with van der Waals surface area (Å²) in [5, 5.41) is 7.15. The zero-order valence-electron chi connectivity index (χ0n) is 16.5. The van der Waals surface area contributed by atoms with Gasteiger partial charge in [0.25, 0.3) is 5.91 Å². The standard InChI is InChI=1S/C23H23N3O4/c1-15(21(27)25-19-12-11-17-9-5-6-10-18(17)14-19)30-22(28)20(26-23(24)29)13-16-7-3-2-4-8-16/h2-12,14-15,20H,13H2,1H3,(H,25,27)(H3,24,26,29)/t15-,20+/m1/s1. The first-order chi connectivity index (χ1) is 14.4. The Morgan fingerprint density at radius 3 is 2.30 bits per heavy atom. The molecule has 30 heavy (non-hydrogen) atoms. The fourth-order valence-electron chi connectivity index (χ4n) is 3.04. The number of esters is 1. The van der Waals surface area contributed by atoms with Crippen molar-refractivity contribution in [3.8, 4) is 0 Å². The Balaban J connectivity index is 1.63. The second kappa shape index (κ2) is 9.56. The maximum absolute atomic E-state index is 12.6. The van der Waals surface area contributed by atoms with Gasteiger partial charge in [-0.2, -0.15) is 0 Å². The van der Waals surface area contributed by atoms with Gasteiger partial charge in [-0.05, 0) is 35.4 Å². The Morgan fingerprint density at radius 2 is 1.60 bits per heavy atom. The van der Waals surface area contributed by atoms with Crippen molar-refractivity contribution < 1.29 is 19.1 Å². The van der Waals surface area contributed by atoms with Crippen molar-refractivity contribution in [2.24, 2.45) is 5.73 Å². The number of amides is 3. The molecule has 7 nitrogen and oxygen atoms in total. The van der Waals surface area contributed by atoms with E-state index >= 15 is 0 Å². The van der Waals surface area contributed by atoms with Crippen LogP contribution in [0, 0.1) is 0 Å². The first kappa shape index (κ1) is 20.9. The van der Waals surface area contributed by atoms with Gasteiger partial charge in [-0.15, -0.1) is 0 Å². The number of primary amides is 1. The van der Waals surface area contributed by atoms with Crippen LogP contribution in [0.15, 0.2) is 72.8 Å². The Bertz CT molecular complexity index is 1050. The quantitative estimate of drug-likeness (QED) is 0.525. The highest BCUT2D eigenvalue weighted by molar-refractivity contribution is 5.97. The topological polar surface area (TPSA) is 111 Å². The maximum Gasteiger partial charge on any atom is 0.329 e. The number of fused-ring (bicyclic) bond motifs is 1. The number of carbonyl (C=O) groups excluding carboxylic acids is 3. The summed E-state index contributed by atoms with van der Waals surface area (Å²) >= 11 is 0. The van der Waals surface area contributed by atoms with Crippen molar-refractivity contribution in [3.63, 3.8) is 0 Å². The van der Waals surface area contributed by atoms with Gasteiger partial charge in [-0.1, -0.05) is 60.7 Å². The monoisotopic (exact) mass is 405 g/mol. The second-order valence-corrected chi connectivity index (χ2v) is 6.88. The van der Waals surface area contributed by atoms with E-state index in [0.29, 0.717) is 5.69 Å². The minimum absolute atomic E-state index is 0.196. The maximum atomic E-state index is 12.6. The molecule has 0 aromatic heterocycles. The fraction of sp³-hybridized carbons (Fsp3) is 0.174. The molecule has 0 unspecified atom stereocenters. The number of hydrogen-bond acceptors (Lipinski definition) is 4. The molecule has 0 aliphatic rings. The Labute approximate surface area is 174 Å². The molecule has 3 rings (SSSR count). The van der Waals surface area contributed by atoms with Crippen molar-refractivity contribution in [1.29, 1.82) is 0 Å². The SMILES string of the molecule is C[C@@H](OC(=O)[C@H](Cc1ccccc1)NC(N)=O)C(=O)Nc1ccc2ccccc2c1. The number of hydrogen-bond donors (Lipinski definition) is 3. The zero-order valence-corrected chi connectivity index (χ0v) is 16.5. The van der Waals surface area contributed by atoms with E-state index in [9.17, 15) is 14.4 Å². The lowest BCUT2D eigenvalue weighted by Crippen LogP contribution is -2.47. The average Bonchev–Trinajstić information content (AvgIpc) is 2.73. The molecule has 3 aromatic carbocycles. The molecule has 3 aromatic rings. The lowest BCUT2D eigenvalue weighted by Gasteiger charge is -2.20. The van der Waals surface area contributed by atoms with Gasteiger partial charge in [-0.25, -0.2) is 9.59 Å². The van der Waals surface area contributed by atoms with Crippen LogP contribution < -0.4 is 16.4 Å². The predicted octanol–water partition coefficient (Wildman–Crippen LogP) is 2.99. The molecule has 0 bridgehead atoms. The van der Waals surface area contributed by atoms with Crippen LogP contribution in [0.4, 0.5) is 10.5 Å². The Kier molecular flexibility index (Phi) is 6.64. The number of rotatable bonds is 7. The van der Waals surface area contributed by atoms with Gasteiger partial charge in [0.15, 0.2) is 6.10 Å². The molecule has 0 aliphatic carbocycles. The Hall–Kier alpha value is -3.87. The summed E-state index contributed by atoms with van der Waals surface area (Å²) in [4.78, 5) is 36.3. The number of urea groups is 1. The largest absolute Gasteiger partial charge is 0.451 e. The molecule has 154 valence electrons. The average molecular weight is 405 g/mol. The lowest BCUT2D eigenvalue weighted by molar-refractivity contribution is -0.155. The summed E-state index contributed by atoms with van der Waals surface area (Å²) in [5.74, 6) is -1.21. The van der Waals surface area contributed by atoms with Crippen molar-refractivity contribution in [2.45, 2.75) is 25.5 Å². The molecule has 3 amide bonds. The third-order valence-electron chi connectivity index (χ3n) is 4.56. The number of benzene rings is 3. The number of nitrogens with two attached hydrogens (primary N) is 1. The molecule has 0 saturated carbocycles. The lowest BCUT2D eigenvalue weighted by atomic mass is 10.1. The van der Waals surface area contributed by atoms with Gasteiger partial charge in [0.05, 0.1) is 0 Å². The van der Waals surface area contributed by atoms with Crippen LogP contribution >= 0.6 is 0 Å². The van der Waals surface area contributed by atoms with E-state index in [4.69, 9.17) is 10.5 Å². The second-order valence-electron chi connectivity index (χ2n) is 6.88. The summed E-state index contributed by atoms with van der Waals surface area (Å²) in [6, 6.07) is 20.6. The normalized spacial score (nSPS) is 12.6. The van der Waals surface area contributed by atoms with Crippen LogP contribution in [0.5, 0.6) is 0 Å². The van der Waals surface area contributed by atoms with Crippen LogP contribution in [-0.4, -0.2) is 30.1 Å². The van der Waals surface area contributed by atoms with Crippen molar-refractivity contribution in [2.75, 3.05) is 5.32 Å². The molecule has 0 fully saturated rings. The summed E-state index contributed by atoms with van der Waals surface area (Å²) in [6.07, 6.45) is -0.862. The highest BCUT2D eigenvalue weighted by atomic mass is 16.5. The van der Waals surface area contributed by atoms with Gasteiger partial charge in [-0.3, -0.25) is 4.79 Å². The molecule has 2 atom stereocenters. The van der Waals surface area contributed by atoms with E-state index in [1.165, 1.54) is 6.92 Å². The van der Waals surface area contributed by atoms with Crippen molar-refractivity contribution >= 4 is 34.4 Å². The number of carbonyl (C=O) groups is 3. The minimum atomic E-state index is -1.06. The van der Waals surface area contributed by atoms with Gasteiger partial charge in [0.2, 0.25) is 0 Å². The molecule has 4 N–H and O–H groups in total. The predicted molar refractivity (Wildman–Crippen MR) is 115 cm³/mol. The third-order valence-corrected chi connectivity index (χ3v) is 4.56. The summed E-state index contributed by atoms with van der Waals surface area (Å²) in [6.45, 7) is 1.47.